The van der Waals surface area contributed by atoms with E-state index in [4.69, 9.17) is 11.6 Å². The summed E-state index contributed by atoms with van der Waals surface area (Å²) in [6.07, 6.45) is 0.243. The average Bonchev–Trinajstić information content (AvgIpc) is 2.66. The van der Waals surface area contributed by atoms with Gasteiger partial charge in [0.1, 0.15) is 6.04 Å². The van der Waals surface area contributed by atoms with Crippen molar-refractivity contribution in [1.29, 1.82) is 0 Å². The van der Waals surface area contributed by atoms with E-state index in [1.54, 1.807) is 17.9 Å². The molecule has 150 valence electrons. The highest BCUT2D eigenvalue weighted by atomic mass is 35.5. The third-order valence-corrected chi connectivity index (χ3v) is 5.00. The molecule has 2 amide bonds. The first-order valence-corrected chi connectivity index (χ1v) is 10.0. The molecule has 0 aliphatic carbocycles. The van der Waals surface area contributed by atoms with Gasteiger partial charge in [0.05, 0.1) is 6.42 Å². The van der Waals surface area contributed by atoms with Gasteiger partial charge in [-0.1, -0.05) is 73.5 Å². The van der Waals surface area contributed by atoms with Crippen LogP contribution in [0.2, 0.25) is 5.02 Å². The van der Waals surface area contributed by atoms with E-state index in [9.17, 15) is 9.59 Å². The first kappa shape index (κ1) is 22.0. The average molecular weight is 401 g/mol. The molecule has 2 aromatic rings. The highest BCUT2D eigenvalue weighted by Crippen LogP contribution is 2.19. The third-order valence-electron chi connectivity index (χ3n) is 4.63. The van der Waals surface area contributed by atoms with Crippen molar-refractivity contribution in [3.63, 3.8) is 0 Å². The molecular formula is C23H29ClN2O2. The van der Waals surface area contributed by atoms with E-state index in [1.807, 2.05) is 63.2 Å². The van der Waals surface area contributed by atoms with Crippen molar-refractivity contribution in [3.05, 3.63) is 70.2 Å². The lowest BCUT2D eigenvalue weighted by atomic mass is 10.1. The Labute approximate surface area is 172 Å². The largest absolute Gasteiger partial charge is 0.354 e. The molecule has 0 spiro atoms. The summed E-state index contributed by atoms with van der Waals surface area (Å²) in [5.41, 5.74) is 2.89. The quantitative estimate of drug-likeness (QED) is 0.714. The molecule has 0 aliphatic rings. The van der Waals surface area contributed by atoms with Gasteiger partial charge < -0.3 is 10.2 Å². The molecule has 0 heterocycles. The Balaban J connectivity index is 2.21. The zero-order valence-corrected chi connectivity index (χ0v) is 17.8. The molecule has 0 saturated heterocycles. The molecule has 2 rings (SSSR count). The molecule has 0 aromatic heterocycles. The van der Waals surface area contributed by atoms with E-state index in [-0.39, 0.29) is 18.2 Å². The van der Waals surface area contributed by atoms with Crippen LogP contribution >= 0.6 is 11.6 Å². The first-order chi connectivity index (χ1) is 13.3. The number of rotatable bonds is 8. The second kappa shape index (κ2) is 10.3. The summed E-state index contributed by atoms with van der Waals surface area (Å²) in [5, 5.41) is 3.51. The predicted molar refractivity (Wildman–Crippen MR) is 114 cm³/mol. The number of aryl methyl sites for hydroxylation is 1. The molecule has 1 atom stereocenters. The van der Waals surface area contributed by atoms with Gasteiger partial charge in [-0.2, -0.15) is 0 Å². The Kier molecular flexibility index (Phi) is 8.06. The second-order valence-corrected chi connectivity index (χ2v) is 8.00. The molecule has 0 aliphatic heterocycles. The first-order valence-electron chi connectivity index (χ1n) is 9.64. The number of carbonyl (C=O) groups excluding carboxylic acids is 2. The Morgan fingerprint density at radius 3 is 2.29 bits per heavy atom. The highest BCUT2D eigenvalue weighted by molar-refractivity contribution is 6.31. The lowest BCUT2D eigenvalue weighted by molar-refractivity contribution is -0.140. The number of amides is 2. The van der Waals surface area contributed by atoms with Crippen molar-refractivity contribution in [2.75, 3.05) is 6.54 Å². The fourth-order valence-electron chi connectivity index (χ4n) is 2.83. The number of carbonyl (C=O) groups is 2. The van der Waals surface area contributed by atoms with Crippen LogP contribution in [0.5, 0.6) is 0 Å². The summed E-state index contributed by atoms with van der Waals surface area (Å²) in [6.45, 7) is 8.72. The van der Waals surface area contributed by atoms with Crippen LogP contribution in [0.25, 0.3) is 0 Å². The molecule has 28 heavy (non-hydrogen) atoms. The zero-order chi connectivity index (χ0) is 20.7. The molecule has 0 bridgehead atoms. The van der Waals surface area contributed by atoms with Gasteiger partial charge in [-0.3, -0.25) is 9.59 Å². The standard InChI is InChI=1S/C23H29ClN2O2/c1-16(2)14-25-23(28)18(4)26(15-20-7-5-6-8-21(20)24)22(27)13-19-11-9-17(3)10-12-19/h5-12,16,18H,13-15H2,1-4H3,(H,25,28)/t18-/m0/s1. The Hall–Kier alpha value is -2.33. The lowest BCUT2D eigenvalue weighted by Crippen LogP contribution is -2.48. The summed E-state index contributed by atoms with van der Waals surface area (Å²) in [5.74, 6) is 0.0883. The predicted octanol–water partition coefficient (Wildman–Crippen LogP) is 4.38. The van der Waals surface area contributed by atoms with Crippen molar-refractivity contribution in [3.8, 4) is 0 Å². The number of nitrogens with one attached hydrogen (secondary N) is 1. The van der Waals surface area contributed by atoms with Gasteiger partial charge >= 0.3 is 0 Å². The zero-order valence-electron chi connectivity index (χ0n) is 17.0. The van der Waals surface area contributed by atoms with Crippen molar-refractivity contribution in [2.45, 2.75) is 46.7 Å². The summed E-state index contributed by atoms with van der Waals surface area (Å²) in [7, 11) is 0. The monoisotopic (exact) mass is 400 g/mol. The third kappa shape index (κ3) is 6.38. The van der Waals surface area contributed by atoms with E-state index < -0.39 is 6.04 Å². The summed E-state index contributed by atoms with van der Waals surface area (Å²) in [4.78, 5) is 27.3. The SMILES string of the molecule is Cc1ccc(CC(=O)N(Cc2ccccc2Cl)[C@@H](C)C(=O)NCC(C)C)cc1. The number of benzene rings is 2. The van der Waals surface area contributed by atoms with E-state index in [0.717, 1.165) is 16.7 Å². The minimum absolute atomic E-state index is 0.101. The Morgan fingerprint density at radius 1 is 1.04 bits per heavy atom. The van der Waals surface area contributed by atoms with Crippen LogP contribution in [0.1, 0.15) is 37.5 Å². The Bertz CT molecular complexity index is 803. The maximum absolute atomic E-state index is 13.1. The molecule has 0 radical (unpaired) electrons. The van der Waals surface area contributed by atoms with Crippen molar-refractivity contribution in [2.24, 2.45) is 5.92 Å². The fourth-order valence-corrected chi connectivity index (χ4v) is 3.02. The lowest BCUT2D eigenvalue weighted by Gasteiger charge is -2.29. The van der Waals surface area contributed by atoms with Crippen LogP contribution in [-0.2, 0) is 22.6 Å². The van der Waals surface area contributed by atoms with Crippen molar-refractivity contribution < 1.29 is 9.59 Å². The summed E-state index contributed by atoms with van der Waals surface area (Å²) < 4.78 is 0. The molecule has 4 nitrogen and oxygen atoms in total. The molecule has 1 N–H and O–H groups in total. The van der Waals surface area contributed by atoms with Gasteiger partial charge in [0.15, 0.2) is 0 Å². The van der Waals surface area contributed by atoms with Gasteiger partial charge in [-0.05, 0) is 37.0 Å². The van der Waals surface area contributed by atoms with Crippen LogP contribution in [0.15, 0.2) is 48.5 Å². The van der Waals surface area contributed by atoms with E-state index in [0.29, 0.717) is 24.0 Å². The van der Waals surface area contributed by atoms with Gasteiger partial charge in [0.25, 0.3) is 0 Å². The summed E-state index contributed by atoms with van der Waals surface area (Å²) >= 11 is 6.30. The second-order valence-electron chi connectivity index (χ2n) is 7.59. The highest BCUT2D eigenvalue weighted by Gasteiger charge is 2.26. The molecule has 0 fully saturated rings. The van der Waals surface area contributed by atoms with Gasteiger partial charge in [-0.25, -0.2) is 0 Å². The van der Waals surface area contributed by atoms with Crippen LogP contribution in [0.4, 0.5) is 0 Å². The maximum atomic E-state index is 13.1. The number of nitrogens with zero attached hydrogens (tertiary/aromatic N) is 1. The smallest absolute Gasteiger partial charge is 0.242 e. The molecular weight excluding hydrogens is 372 g/mol. The van der Waals surface area contributed by atoms with Gasteiger partial charge in [0, 0.05) is 18.1 Å². The van der Waals surface area contributed by atoms with Crippen molar-refractivity contribution in [1.82, 2.24) is 10.2 Å². The number of hydrogen-bond donors (Lipinski definition) is 1. The van der Waals surface area contributed by atoms with E-state index in [1.165, 1.54) is 0 Å². The topological polar surface area (TPSA) is 49.4 Å². The van der Waals surface area contributed by atoms with E-state index >= 15 is 0 Å². The van der Waals surface area contributed by atoms with E-state index in [2.05, 4.69) is 5.32 Å². The maximum Gasteiger partial charge on any atom is 0.242 e. The van der Waals surface area contributed by atoms with Crippen molar-refractivity contribution >= 4 is 23.4 Å². The molecule has 5 heteroatoms. The molecule has 0 unspecified atom stereocenters. The van der Waals surface area contributed by atoms with Crippen LogP contribution < -0.4 is 5.32 Å². The van der Waals surface area contributed by atoms with Crippen LogP contribution in [0, 0.1) is 12.8 Å². The van der Waals surface area contributed by atoms with Crippen LogP contribution in [0.3, 0.4) is 0 Å². The normalized spacial score (nSPS) is 11.9. The Morgan fingerprint density at radius 2 is 1.68 bits per heavy atom. The molecule has 2 aromatic carbocycles. The van der Waals surface area contributed by atoms with Gasteiger partial charge in [-0.15, -0.1) is 0 Å². The van der Waals surface area contributed by atoms with Gasteiger partial charge in [0.2, 0.25) is 11.8 Å². The summed E-state index contributed by atoms with van der Waals surface area (Å²) in [6, 6.07) is 14.7. The molecule has 0 saturated carbocycles. The minimum atomic E-state index is -0.590. The fraction of sp³-hybridized carbons (Fsp3) is 0.391. The minimum Gasteiger partial charge on any atom is -0.354 e. The van der Waals surface area contributed by atoms with Crippen LogP contribution in [-0.4, -0.2) is 29.3 Å². The number of halogens is 1. The number of hydrogen-bond acceptors (Lipinski definition) is 2.